The van der Waals surface area contributed by atoms with Crippen LogP contribution >= 0.6 is 11.6 Å². The molecule has 1 aromatic rings. The van der Waals surface area contributed by atoms with E-state index in [0.29, 0.717) is 23.6 Å². The Morgan fingerprint density at radius 2 is 2.17 bits per heavy atom. The van der Waals surface area contributed by atoms with Crippen LogP contribution in [0.5, 0.6) is 5.75 Å². The van der Waals surface area contributed by atoms with E-state index in [4.69, 9.17) is 16.3 Å². The van der Waals surface area contributed by atoms with Gasteiger partial charge in [-0.1, -0.05) is 11.6 Å². The molecule has 0 aliphatic carbocycles. The Bertz CT molecular complexity index is 410. The fraction of sp³-hybridized carbons (Fsp3) is 0.417. The maximum absolute atomic E-state index is 12.0. The fourth-order valence-corrected chi connectivity index (χ4v) is 1.60. The molecule has 0 aromatic heterocycles. The number of carbonyl (C=O) groups is 1. The molecule has 3 nitrogen and oxygen atoms in total. The molecule has 0 saturated carbocycles. The van der Waals surface area contributed by atoms with Crippen molar-refractivity contribution in [3.05, 3.63) is 28.8 Å². The molecule has 18 heavy (non-hydrogen) atoms. The van der Waals surface area contributed by atoms with Crippen LogP contribution in [-0.4, -0.2) is 19.2 Å². The van der Waals surface area contributed by atoms with Crippen LogP contribution in [0, 0.1) is 0 Å². The number of aryl methyl sites for hydroxylation is 1. The lowest BCUT2D eigenvalue weighted by Crippen LogP contribution is -2.06. The van der Waals surface area contributed by atoms with Crippen molar-refractivity contribution in [1.82, 2.24) is 0 Å². The zero-order chi connectivity index (χ0) is 13.5. The molecule has 0 atom stereocenters. The first kappa shape index (κ1) is 14.7. The first-order valence-corrected chi connectivity index (χ1v) is 5.79. The molecule has 6 heteroatoms. The maximum Gasteiger partial charge on any atom is 0.387 e. The zero-order valence-corrected chi connectivity index (χ0v) is 10.5. The van der Waals surface area contributed by atoms with E-state index in [1.165, 1.54) is 18.2 Å². The normalized spacial score (nSPS) is 10.5. The van der Waals surface area contributed by atoms with Gasteiger partial charge in [0.15, 0.2) is 0 Å². The highest BCUT2D eigenvalue weighted by molar-refractivity contribution is 6.31. The average Bonchev–Trinajstić information content (AvgIpc) is 2.29. The van der Waals surface area contributed by atoms with Crippen molar-refractivity contribution in [2.24, 2.45) is 0 Å². The van der Waals surface area contributed by atoms with E-state index in [9.17, 15) is 13.6 Å². The van der Waals surface area contributed by atoms with Gasteiger partial charge in [0, 0.05) is 11.4 Å². The predicted octanol–water partition coefficient (Wildman–Crippen LogP) is 3.44. The highest BCUT2D eigenvalue weighted by Crippen LogP contribution is 2.24. The predicted molar refractivity (Wildman–Crippen MR) is 63.0 cm³/mol. The number of alkyl halides is 2. The first-order valence-electron chi connectivity index (χ1n) is 5.41. The summed E-state index contributed by atoms with van der Waals surface area (Å²) in [6.07, 6.45) is 0.462. The summed E-state index contributed by atoms with van der Waals surface area (Å²) in [5.74, 6) is -0.331. The number of esters is 1. The Hall–Kier alpha value is -1.36. The molecule has 0 spiro atoms. The number of benzene rings is 1. The van der Waals surface area contributed by atoms with Crippen LogP contribution in [0.2, 0.25) is 5.02 Å². The number of halogens is 3. The van der Waals surface area contributed by atoms with Gasteiger partial charge in [-0.3, -0.25) is 4.79 Å². The van der Waals surface area contributed by atoms with Crippen LogP contribution in [-0.2, 0) is 16.0 Å². The Kier molecular flexibility index (Phi) is 5.85. The third kappa shape index (κ3) is 4.87. The molecule has 100 valence electrons. The van der Waals surface area contributed by atoms with E-state index in [-0.39, 0.29) is 18.1 Å². The van der Waals surface area contributed by atoms with Gasteiger partial charge in [-0.25, -0.2) is 0 Å². The van der Waals surface area contributed by atoms with E-state index in [2.05, 4.69) is 4.74 Å². The second kappa shape index (κ2) is 7.16. The minimum absolute atomic E-state index is 0.0215. The van der Waals surface area contributed by atoms with Crippen molar-refractivity contribution in [2.75, 3.05) is 6.61 Å². The Balaban J connectivity index is 2.66. The van der Waals surface area contributed by atoms with Gasteiger partial charge in [-0.15, -0.1) is 0 Å². The summed E-state index contributed by atoms with van der Waals surface area (Å²) in [6.45, 7) is -0.868. The Morgan fingerprint density at radius 3 is 2.78 bits per heavy atom. The number of rotatable bonds is 6. The smallest absolute Gasteiger partial charge is 0.387 e. The summed E-state index contributed by atoms with van der Waals surface area (Å²) in [4.78, 5) is 11.2. The first-order chi connectivity index (χ1) is 8.52. The third-order valence-corrected chi connectivity index (χ3v) is 2.51. The van der Waals surface area contributed by atoms with Gasteiger partial charge in [0.1, 0.15) is 5.75 Å². The number of carbonyl (C=O) groups excluding carboxylic acids is 1. The summed E-state index contributed by atoms with van der Waals surface area (Å²) in [7, 11) is 0. The molecular weight excluding hydrogens is 266 g/mol. The van der Waals surface area contributed by atoms with Crippen molar-refractivity contribution in [2.45, 2.75) is 26.4 Å². The molecule has 0 aliphatic rings. The van der Waals surface area contributed by atoms with Gasteiger partial charge in [-0.05, 0) is 37.1 Å². The minimum Gasteiger partial charge on any atom is -0.466 e. The monoisotopic (exact) mass is 278 g/mol. The SMILES string of the molecule is CCOC(=O)CCc1cc(OC(F)F)ccc1Cl. The van der Waals surface area contributed by atoms with Crippen LogP contribution in [0.25, 0.3) is 0 Å². The van der Waals surface area contributed by atoms with Gasteiger partial charge in [-0.2, -0.15) is 8.78 Å². The summed E-state index contributed by atoms with van der Waals surface area (Å²) >= 11 is 5.90. The molecule has 0 saturated heterocycles. The lowest BCUT2D eigenvalue weighted by atomic mass is 10.1. The summed E-state index contributed by atoms with van der Waals surface area (Å²) in [6, 6.07) is 4.20. The molecule has 0 aliphatic heterocycles. The van der Waals surface area contributed by atoms with E-state index in [1.54, 1.807) is 6.92 Å². The van der Waals surface area contributed by atoms with Crippen LogP contribution in [0.4, 0.5) is 8.78 Å². The molecule has 0 N–H and O–H groups in total. The van der Waals surface area contributed by atoms with Gasteiger partial charge in [0.25, 0.3) is 0 Å². The van der Waals surface area contributed by atoms with E-state index >= 15 is 0 Å². The molecule has 0 radical (unpaired) electrons. The standard InChI is InChI=1S/C12H13ClF2O3/c1-2-17-11(16)6-3-8-7-9(18-12(14)15)4-5-10(8)13/h4-5,7,12H,2-3,6H2,1H3. The van der Waals surface area contributed by atoms with Gasteiger partial charge >= 0.3 is 12.6 Å². The second-order valence-electron chi connectivity index (χ2n) is 3.44. The van der Waals surface area contributed by atoms with Gasteiger partial charge in [0.05, 0.1) is 6.61 Å². The molecule has 1 aromatic carbocycles. The lowest BCUT2D eigenvalue weighted by molar-refractivity contribution is -0.143. The number of hydrogen-bond donors (Lipinski definition) is 0. The highest BCUT2D eigenvalue weighted by Gasteiger charge is 2.09. The van der Waals surface area contributed by atoms with Crippen molar-refractivity contribution >= 4 is 17.6 Å². The lowest BCUT2D eigenvalue weighted by Gasteiger charge is -2.08. The molecule has 0 unspecified atom stereocenters. The van der Waals surface area contributed by atoms with Crippen LogP contribution < -0.4 is 4.74 Å². The Morgan fingerprint density at radius 1 is 1.44 bits per heavy atom. The second-order valence-corrected chi connectivity index (χ2v) is 3.84. The average molecular weight is 279 g/mol. The molecule has 0 heterocycles. The van der Waals surface area contributed by atoms with E-state index < -0.39 is 6.61 Å². The molecule has 0 bridgehead atoms. The largest absolute Gasteiger partial charge is 0.466 e. The summed E-state index contributed by atoms with van der Waals surface area (Å²) < 4.78 is 33.1. The van der Waals surface area contributed by atoms with Crippen molar-refractivity contribution in [3.8, 4) is 5.75 Å². The molecular formula is C12H13ClF2O3. The molecule has 0 fully saturated rings. The van der Waals surface area contributed by atoms with E-state index in [1.807, 2.05) is 0 Å². The van der Waals surface area contributed by atoms with Gasteiger partial charge < -0.3 is 9.47 Å². The van der Waals surface area contributed by atoms with Crippen LogP contribution in [0.3, 0.4) is 0 Å². The fourth-order valence-electron chi connectivity index (χ4n) is 1.39. The highest BCUT2D eigenvalue weighted by atomic mass is 35.5. The molecule has 0 amide bonds. The zero-order valence-electron chi connectivity index (χ0n) is 9.79. The quantitative estimate of drug-likeness (QED) is 0.748. The number of hydrogen-bond acceptors (Lipinski definition) is 3. The van der Waals surface area contributed by atoms with Crippen molar-refractivity contribution < 1.29 is 23.0 Å². The van der Waals surface area contributed by atoms with Gasteiger partial charge in [0.2, 0.25) is 0 Å². The molecule has 1 rings (SSSR count). The third-order valence-electron chi connectivity index (χ3n) is 2.15. The number of ether oxygens (including phenoxy) is 2. The summed E-state index contributed by atoms with van der Waals surface area (Å²) in [5.41, 5.74) is 0.572. The van der Waals surface area contributed by atoms with Crippen LogP contribution in [0.15, 0.2) is 18.2 Å². The van der Waals surface area contributed by atoms with E-state index in [0.717, 1.165) is 0 Å². The minimum atomic E-state index is -2.89. The van der Waals surface area contributed by atoms with Crippen molar-refractivity contribution in [1.29, 1.82) is 0 Å². The summed E-state index contributed by atoms with van der Waals surface area (Å²) in [5, 5.41) is 0.404. The van der Waals surface area contributed by atoms with Crippen molar-refractivity contribution in [3.63, 3.8) is 0 Å². The van der Waals surface area contributed by atoms with Crippen LogP contribution in [0.1, 0.15) is 18.9 Å². The topological polar surface area (TPSA) is 35.5 Å². The maximum atomic E-state index is 12.0. The Labute approximate surface area is 109 Å².